The van der Waals surface area contributed by atoms with Crippen LogP contribution < -0.4 is 15.9 Å². The van der Waals surface area contributed by atoms with E-state index in [0.29, 0.717) is 0 Å². The Kier molecular flexibility index (Phi) is 1.33. The summed E-state index contributed by atoms with van der Waals surface area (Å²) >= 11 is 0. The van der Waals surface area contributed by atoms with Crippen molar-refractivity contribution in [3.8, 4) is 0 Å². The van der Waals surface area contributed by atoms with E-state index >= 15 is 0 Å². The average molecular weight is 206 g/mol. The molecule has 0 unspecified atom stereocenters. The molecule has 0 amide bonds. The minimum atomic E-state index is 1.15. The molecule has 2 heteroatoms. The second-order valence-corrected chi connectivity index (χ2v) is 4.12. The third kappa shape index (κ3) is 0.910. The van der Waals surface area contributed by atoms with Crippen molar-refractivity contribution >= 4 is 22.7 Å². The van der Waals surface area contributed by atoms with Gasteiger partial charge in [0.25, 0.3) is 0 Å². The third-order valence-electron chi connectivity index (χ3n) is 3.12. The molecule has 1 aromatic heterocycles. The second-order valence-electron chi connectivity index (χ2n) is 4.12. The van der Waals surface area contributed by atoms with Crippen molar-refractivity contribution in [2.45, 2.75) is 0 Å². The summed E-state index contributed by atoms with van der Waals surface area (Å²) in [6.45, 7) is 0. The number of aromatic nitrogens is 1. The Labute approximate surface area is 92.3 Å². The van der Waals surface area contributed by atoms with Gasteiger partial charge in [-0.25, -0.2) is 0 Å². The van der Waals surface area contributed by atoms with Crippen LogP contribution in [0.5, 0.6) is 0 Å². The van der Waals surface area contributed by atoms with E-state index in [-0.39, 0.29) is 0 Å². The quantitative estimate of drug-likeness (QED) is 0.664. The highest BCUT2D eigenvalue weighted by Crippen LogP contribution is 2.12. The van der Waals surface area contributed by atoms with Crippen molar-refractivity contribution in [2.75, 3.05) is 0 Å². The Morgan fingerprint density at radius 2 is 2.00 bits per heavy atom. The number of hydrogen-bond acceptors (Lipinski definition) is 1. The molecule has 2 N–H and O–H groups in total. The van der Waals surface area contributed by atoms with E-state index in [0.717, 1.165) is 5.70 Å². The van der Waals surface area contributed by atoms with Gasteiger partial charge in [-0.05, 0) is 24.3 Å². The average Bonchev–Trinajstić information content (AvgIpc) is 2.67. The summed E-state index contributed by atoms with van der Waals surface area (Å²) in [4.78, 5) is 3.45. The summed E-state index contributed by atoms with van der Waals surface area (Å²) in [5.74, 6) is 0. The molecule has 4 rings (SSSR count). The zero-order valence-corrected chi connectivity index (χ0v) is 8.62. The van der Waals surface area contributed by atoms with Gasteiger partial charge in [0.2, 0.25) is 0 Å². The number of nitrogens with one attached hydrogen (secondary N) is 2. The maximum atomic E-state index is 3.45. The summed E-state index contributed by atoms with van der Waals surface area (Å²) in [5.41, 5.74) is 3.53. The summed E-state index contributed by atoms with van der Waals surface area (Å²) < 4.78 is 0. The first-order valence-corrected chi connectivity index (χ1v) is 5.40. The van der Waals surface area contributed by atoms with E-state index in [1.165, 1.54) is 27.2 Å². The van der Waals surface area contributed by atoms with Gasteiger partial charge in [0.1, 0.15) is 0 Å². The number of aromatic amines is 1. The molecule has 0 aliphatic carbocycles. The highest BCUT2D eigenvalue weighted by atomic mass is 14.9. The molecule has 0 radical (unpaired) electrons. The molecule has 0 atom stereocenters. The van der Waals surface area contributed by atoms with E-state index in [1.54, 1.807) is 0 Å². The SMILES string of the molecule is C1=CC2=c3c([nH]c4ccccc34)=CC(=C1)N2. The van der Waals surface area contributed by atoms with Gasteiger partial charge in [-0.3, -0.25) is 0 Å². The summed E-state index contributed by atoms with van der Waals surface area (Å²) in [6, 6.07) is 8.41. The number of hydrogen-bond donors (Lipinski definition) is 2. The van der Waals surface area contributed by atoms with E-state index in [4.69, 9.17) is 0 Å². The van der Waals surface area contributed by atoms with Gasteiger partial charge in [-0.1, -0.05) is 24.3 Å². The van der Waals surface area contributed by atoms with E-state index in [2.05, 4.69) is 58.9 Å². The molecule has 0 saturated heterocycles. The summed E-state index contributed by atoms with van der Waals surface area (Å²) in [6.07, 6.45) is 8.44. The van der Waals surface area contributed by atoms with Crippen molar-refractivity contribution in [3.63, 3.8) is 0 Å². The number of benzene rings is 1. The molecule has 2 aliphatic rings. The van der Waals surface area contributed by atoms with E-state index < -0.39 is 0 Å². The monoisotopic (exact) mass is 206 g/mol. The summed E-state index contributed by atoms with van der Waals surface area (Å²) in [7, 11) is 0. The molecule has 2 aliphatic heterocycles. The predicted molar refractivity (Wildman–Crippen MR) is 65.8 cm³/mol. The summed E-state index contributed by atoms with van der Waals surface area (Å²) in [5, 5.41) is 7.16. The lowest BCUT2D eigenvalue weighted by atomic mass is 10.1. The molecule has 2 nitrogen and oxygen atoms in total. The van der Waals surface area contributed by atoms with E-state index in [1.807, 2.05) is 0 Å². The second kappa shape index (κ2) is 2.67. The van der Waals surface area contributed by atoms with Gasteiger partial charge < -0.3 is 10.3 Å². The van der Waals surface area contributed by atoms with Crippen LogP contribution in [-0.2, 0) is 0 Å². The number of dihydropyridines is 1. The standard InChI is InChI=1S/C14H10N2/c1-2-6-11-10(5-1)14-12-7-3-4-9(15-12)8-13(14)16-11/h1-8,15-16H. The molecule has 0 fully saturated rings. The van der Waals surface area contributed by atoms with Crippen LogP contribution in [0.25, 0.3) is 22.7 Å². The lowest BCUT2D eigenvalue weighted by Crippen LogP contribution is -2.35. The minimum Gasteiger partial charge on any atom is -0.355 e. The normalized spacial score (nSPS) is 16.5. The van der Waals surface area contributed by atoms with Gasteiger partial charge in [0, 0.05) is 27.5 Å². The van der Waals surface area contributed by atoms with Gasteiger partial charge in [0.15, 0.2) is 0 Å². The molecular formula is C14H10N2. The largest absolute Gasteiger partial charge is 0.355 e. The number of fused-ring (bicyclic) bond motifs is 5. The van der Waals surface area contributed by atoms with E-state index in [9.17, 15) is 0 Å². The Balaban J connectivity index is 2.35. The van der Waals surface area contributed by atoms with Gasteiger partial charge >= 0.3 is 0 Å². The van der Waals surface area contributed by atoms with Crippen LogP contribution in [0.3, 0.4) is 0 Å². The van der Waals surface area contributed by atoms with Crippen LogP contribution in [0.15, 0.2) is 48.2 Å². The topological polar surface area (TPSA) is 27.8 Å². The number of H-pyrrole nitrogens is 1. The van der Waals surface area contributed by atoms with Crippen molar-refractivity contribution < 1.29 is 0 Å². The molecule has 1 aromatic carbocycles. The first kappa shape index (κ1) is 7.99. The highest BCUT2D eigenvalue weighted by Gasteiger charge is 2.11. The Morgan fingerprint density at radius 3 is 3.00 bits per heavy atom. The molecule has 76 valence electrons. The smallest absolute Gasteiger partial charge is 0.0506 e. The van der Waals surface area contributed by atoms with Crippen LogP contribution in [0.2, 0.25) is 0 Å². The fourth-order valence-electron chi connectivity index (χ4n) is 2.43. The van der Waals surface area contributed by atoms with Crippen LogP contribution in [0.1, 0.15) is 0 Å². The molecule has 2 aromatic rings. The van der Waals surface area contributed by atoms with Crippen molar-refractivity contribution in [2.24, 2.45) is 0 Å². The van der Waals surface area contributed by atoms with Crippen LogP contribution in [0.4, 0.5) is 0 Å². The zero-order chi connectivity index (χ0) is 10.5. The zero-order valence-electron chi connectivity index (χ0n) is 8.62. The van der Waals surface area contributed by atoms with Crippen molar-refractivity contribution in [1.29, 1.82) is 0 Å². The van der Waals surface area contributed by atoms with Gasteiger partial charge in [-0.15, -0.1) is 0 Å². The van der Waals surface area contributed by atoms with Crippen LogP contribution in [-0.4, -0.2) is 4.98 Å². The predicted octanol–water partition coefficient (Wildman–Crippen LogP) is 1.11. The van der Waals surface area contributed by atoms with Crippen LogP contribution in [0, 0.1) is 0 Å². The molecule has 0 saturated carbocycles. The van der Waals surface area contributed by atoms with Crippen molar-refractivity contribution in [3.05, 3.63) is 58.8 Å². The maximum absolute atomic E-state index is 3.45. The Morgan fingerprint density at radius 1 is 1.06 bits per heavy atom. The lowest BCUT2D eigenvalue weighted by Gasteiger charge is -2.14. The van der Waals surface area contributed by atoms with Crippen LogP contribution >= 0.6 is 0 Å². The Hall–Kier alpha value is -2.22. The maximum Gasteiger partial charge on any atom is 0.0506 e. The Bertz CT molecular complexity index is 773. The minimum absolute atomic E-state index is 1.15. The molecule has 0 spiro atoms. The fraction of sp³-hybridized carbons (Fsp3) is 0. The number of para-hydroxylation sites is 1. The van der Waals surface area contributed by atoms with Crippen molar-refractivity contribution in [1.82, 2.24) is 10.3 Å². The first-order chi connectivity index (χ1) is 7.92. The van der Waals surface area contributed by atoms with Gasteiger partial charge in [0.05, 0.1) is 5.35 Å². The molecular weight excluding hydrogens is 196 g/mol. The molecule has 3 heterocycles. The highest BCUT2D eigenvalue weighted by molar-refractivity contribution is 5.86. The number of rotatable bonds is 0. The molecule has 16 heavy (non-hydrogen) atoms. The first-order valence-electron chi connectivity index (χ1n) is 5.40. The van der Waals surface area contributed by atoms with Gasteiger partial charge in [-0.2, -0.15) is 0 Å². The molecule has 2 bridgehead atoms. The third-order valence-corrected chi connectivity index (χ3v) is 3.12. The number of allylic oxidation sites excluding steroid dienone is 3. The fourth-order valence-corrected chi connectivity index (χ4v) is 2.43. The lowest BCUT2D eigenvalue weighted by molar-refractivity contribution is 1.11.